The molecule has 2 atom stereocenters. The molecule has 0 radical (unpaired) electrons. The van der Waals surface area contributed by atoms with Gasteiger partial charge in [-0.3, -0.25) is 19.2 Å². The van der Waals surface area contributed by atoms with Crippen LogP contribution in [0.2, 0.25) is 0 Å². The number of benzene rings is 1. The van der Waals surface area contributed by atoms with Gasteiger partial charge in [-0.05, 0) is 36.5 Å². The Kier molecular flexibility index (Phi) is 12.1. The van der Waals surface area contributed by atoms with Gasteiger partial charge >= 0.3 is 12.0 Å². The predicted molar refractivity (Wildman–Crippen MR) is 126 cm³/mol. The summed E-state index contributed by atoms with van der Waals surface area (Å²) in [7, 11) is 0. The molecule has 5 amide bonds. The molecule has 0 aliphatic rings. The molecule has 1 rings (SSSR count). The van der Waals surface area contributed by atoms with Gasteiger partial charge in [-0.2, -0.15) is 0 Å². The minimum atomic E-state index is -0.914. The molecule has 0 heterocycles. The molecular formula is C23H35N5O6. The zero-order valence-electron chi connectivity index (χ0n) is 20.1. The largest absolute Gasteiger partial charge is 0.461 e. The maximum Gasteiger partial charge on any atom is 0.312 e. The van der Waals surface area contributed by atoms with Crippen molar-refractivity contribution in [3.8, 4) is 0 Å². The van der Waals surface area contributed by atoms with Crippen LogP contribution in [0.15, 0.2) is 24.3 Å². The van der Waals surface area contributed by atoms with Crippen LogP contribution in [-0.2, 0) is 30.5 Å². The Hall–Kier alpha value is -3.63. The van der Waals surface area contributed by atoms with E-state index in [4.69, 9.17) is 10.5 Å². The Bertz CT molecular complexity index is 856. The lowest BCUT2D eigenvalue weighted by molar-refractivity contribution is -0.142. The molecule has 0 saturated carbocycles. The summed E-state index contributed by atoms with van der Waals surface area (Å²) in [5.41, 5.74) is 6.31. The van der Waals surface area contributed by atoms with E-state index in [1.165, 1.54) is 6.92 Å². The summed E-state index contributed by atoms with van der Waals surface area (Å²) >= 11 is 0. The van der Waals surface area contributed by atoms with E-state index in [0.717, 1.165) is 5.56 Å². The van der Waals surface area contributed by atoms with E-state index in [1.54, 1.807) is 45.0 Å². The Morgan fingerprint density at radius 1 is 1.00 bits per heavy atom. The number of carbonyl (C=O) groups excluding carboxylic acids is 5. The second-order valence-corrected chi connectivity index (χ2v) is 8.10. The first-order chi connectivity index (χ1) is 16.0. The van der Waals surface area contributed by atoms with Crippen LogP contribution in [0.5, 0.6) is 0 Å². The lowest BCUT2D eigenvalue weighted by Gasteiger charge is -2.25. The molecule has 11 nitrogen and oxygen atoms in total. The maximum atomic E-state index is 13.0. The van der Waals surface area contributed by atoms with Crippen molar-refractivity contribution in [2.75, 3.05) is 11.9 Å². The van der Waals surface area contributed by atoms with Crippen molar-refractivity contribution in [2.45, 2.75) is 65.6 Å². The quantitative estimate of drug-likeness (QED) is 0.211. The number of nitrogens with two attached hydrogens (primary N) is 1. The van der Waals surface area contributed by atoms with E-state index in [-0.39, 0.29) is 37.8 Å². The minimum absolute atomic E-state index is 0.120. The van der Waals surface area contributed by atoms with Gasteiger partial charge in [-0.15, -0.1) is 0 Å². The summed E-state index contributed by atoms with van der Waals surface area (Å²) in [4.78, 5) is 59.5. The molecule has 1 unspecified atom stereocenters. The van der Waals surface area contributed by atoms with Gasteiger partial charge in [0, 0.05) is 25.6 Å². The number of rotatable bonds is 13. The lowest BCUT2D eigenvalue weighted by atomic mass is 10.0. The van der Waals surface area contributed by atoms with Gasteiger partial charge in [0.05, 0.1) is 0 Å². The van der Waals surface area contributed by atoms with Crippen LogP contribution in [0.3, 0.4) is 0 Å². The van der Waals surface area contributed by atoms with Gasteiger partial charge in [0.15, 0.2) is 0 Å². The summed E-state index contributed by atoms with van der Waals surface area (Å²) in [6.45, 7) is 6.95. The van der Waals surface area contributed by atoms with Crippen LogP contribution >= 0.6 is 0 Å². The molecule has 0 saturated heterocycles. The third-order valence-electron chi connectivity index (χ3n) is 4.85. The van der Waals surface area contributed by atoms with Crippen LogP contribution in [-0.4, -0.2) is 48.4 Å². The fourth-order valence-electron chi connectivity index (χ4n) is 2.96. The van der Waals surface area contributed by atoms with Crippen molar-refractivity contribution < 1.29 is 28.7 Å². The second-order valence-electron chi connectivity index (χ2n) is 8.10. The number of urea groups is 1. The first-order valence-electron chi connectivity index (χ1n) is 11.2. The molecule has 0 fully saturated rings. The number of carbonyl (C=O) groups is 5. The highest BCUT2D eigenvalue weighted by Gasteiger charge is 2.28. The predicted octanol–water partition coefficient (Wildman–Crippen LogP) is 1.17. The van der Waals surface area contributed by atoms with Gasteiger partial charge < -0.3 is 31.7 Å². The second kappa shape index (κ2) is 14.5. The third kappa shape index (κ3) is 10.8. The fraction of sp³-hybridized carbons (Fsp3) is 0.522. The number of hydrogen-bond acceptors (Lipinski definition) is 6. The molecule has 1 aromatic carbocycles. The Morgan fingerprint density at radius 2 is 1.65 bits per heavy atom. The van der Waals surface area contributed by atoms with E-state index < -0.39 is 35.9 Å². The van der Waals surface area contributed by atoms with Crippen LogP contribution in [0.25, 0.3) is 0 Å². The molecule has 188 valence electrons. The Morgan fingerprint density at radius 3 is 2.18 bits per heavy atom. The first-order valence-corrected chi connectivity index (χ1v) is 11.2. The van der Waals surface area contributed by atoms with Gasteiger partial charge in [0.25, 0.3) is 0 Å². The number of ether oxygens (including phenoxy) is 1. The molecule has 0 bridgehead atoms. The highest BCUT2D eigenvalue weighted by atomic mass is 16.5. The standard InChI is InChI=1S/C23H35N5O6/c1-5-19(30)28-20(14(2)3)22(32)27-18(7-6-12-25-23(24)33)21(31)26-17-10-8-16(9-11-17)13-34-15(4)29/h8-11,14,18,20H,5-7,12-13H2,1-4H3,(H,26,31)(H,27,32)(H,28,30)(H3,24,25,33)/t18-,20?/m0/s1. The van der Waals surface area contributed by atoms with E-state index in [9.17, 15) is 24.0 Å². The Balaban J connectivity index is 2.89. The number of primary amides is 1. The number of esters is 1. The number of amides is 5. The molecule has 0 spiro atoms. The highest BCUT2D eigenvalue weighted by Crippen LogP contribution is 2.12. The van der Waals surface area contributed by atoms with Gasteiger partial charge in [0.1, 0.15) is 18.7 Å². The van der Waals surface area contributed by atoms with Crippen LogP contribution in [0.4, 0.5) is 10.5 Å². The fourth-order valence-corrected chi connectivity index (χ4v) is 2.96. The van der Waals surface area contributed by atoms with Crippen molar-refractivity contribution in [1.29, 1.82) is 0 Å². The van der Waals surface area contributed by atoms with Gasteiger partial charge in [0.2, 0.25) is 17.7 Å². The van der Waals surface area contributed by atoms with Crippen molar-refractivity contribution in [3.05, 3.63) is 29.8 Å². The molecule has 34 heavy (non-hydrogen) atoms. The molecular weight excluding hydrogens is 442 g/mol. The summed E-state index contributed by atoms with van der Waals surface area (Å²) in [5, 5.41) is 10.6. The van der Waals surface area contributed by atoms with Gasteiger partial charge in [-0.25, -0.2) is 4.79 Å². The molecule has 0 aromatic heterocycles. The highest BCUT2D eigenvalue weighted by molar-refractivity contribution is 5.98. The Labute approximate surface area is 199 Å². The minimum Gasteiger partial charge on any atom is -0.461 e. The molecule has 0 aliphatic carbocycles. The summed E-state index contributed by atoms with van der Waals surface area (Å²) in [6, 6.07) is 4.33. The number of hydrogen-bond donors (Lipinski definition) is 5. The van der Waals surface area contributed by atoms with E-state index >= 15 is 0 Å². The van der Waals surface area contributed by atoms with Crippen molar-refractivity contribution >= 4 is 35.4 Å². The average Bonchev–Trinajstić information content (AvgIpc) is 2.78. The van der Waals surface area contributed by atoms with Gasteiger partial charge in [-0.1, -0.05) is 32.9 Å². The SMILES string of the molecule is CCC(=O)NC(C(=O)N[C@@H](CCCNC(N)=O)C(=O)Nc1ccc(COC(C)=O)cc1)C(C)C. The number of nitrogens with one attached hydrogen (secondary N) is 4. The van der Waals surface area contributed by atoms with Crippen molar-refractivity contribution in [1.82, 2.24) is 16.0 Å². The molecule has 11 heteroatoms. The maximum absolute atomic E-state index is 13.0. The third-order valence-corrected chi connectivity index (χ3v) is 4.85. The monoisotopic (exact) mass is 477 g/mol. The molecule has 1 aromatic rings. The smallest absolute Gasteiger partial charge is 0.312 e. The molecule has 0 aliphatic heterocycles. The lowest BCUT2D eigenvalue weighted by Crippen LogP contribution is -2.54. The summed E-state index contributed by atoms with van der Waals surface area (Å²) in [5.74, 6) is -1.78. The van der Waals surface area contributed by atoms with E-state index in [2.05, 4.69) is 21.3 Å². The van der Waals surface area contributed by atoms with Crippen LogP contribution < -0.4 is 27.0 Å². The average molecular weight is 478 g/mol. The molecule has 6 N–H and O–H groups in total. The zero-order valence-corrected chi connectivity index (χ0v) is 20.1. The number of anilines is 1. The zero-order chi connectivity index (χ0) is 25.7. The van der Waals surface area contributed by atoms with Crippen molar-refractivity contribution in [3.63, 3.8) is 0 Å². The van der Waals surface area contributed by atoms with Crippen LogP contribution in [0.1, 0.15) is 52.5 Å². The van der Waals surface area contributed by atoms with E-state index in [1.807, 2.05) is 0 Å². The topological polar surface area (TPSA) is 169 Å². The van der Waals surface area contributed by atoms with E-state index in [0.29, 0.717) is 12.1 Å². The summed E-state index contributed by atoms with van der Waals surface area (Å²) in [6.07, 6.45) is 0.845. The van der Waals surface area contributed by atoms with Crippen molar-refractivity contribution in [2.24, 2.45) is 11.7 Å². The summed E-state index contributed by atoms with van der Waals surface area (Å²) < 4.78 is 4.94. The van der Waals surface area contributed by atoms with Crippen LogP contribution in [0, 0.1) is 5.92 Å². The first kappa shape index (κ1) is 28.4. The normalized spacial score (nSPS) is 12.3.